The first-order chi connectivity index (χ1) is 11.7. The molecular weight excluding hydrogens is 399 g/mol. The molecule has 3 rings (SSSR count). The quantitative estimate of drug-likeness (QED) is 0.244. The van der Waals surface area contributed by atoms with Crippen molar-refractivity contribution in [2.24, 2.45) is 0 Å². The molecule has 0 aliphatic heterocycles. The number of halogens is 6. The van der Waals surface area contributed by atoms with Crippen molar-refractivity contribution >= 4 is 45.9 Å². The molecule has 0 N–H and O–H groups in total. The second-order valence-corrected chi connectivity index (χ2v) is 7.29. The molecule has 0 bridgehead atoms. The fourth-order valence-electron chi connectivity index (χ4n) is 2.80. The minimum absolute atomic E-state index is 0.313. The van der Waals surface area contributed by atoms with E-state index in [1.807, 2.05) is 5.38 Å². The van der Waals surface area contributed by atoms with Crippen LogP contribution in [0.1, 0.15) is 32.8 Å². The molecule has 1 heterocycles. The van der Waals surface area contributed by atoms with Gasteiger partial charge in [0.05, 0.1) is 20.5 Å². The predicted molar refractivity (Wildman–Crippen MR) is 91.1 cm³/mol. The fourth-order valence-corrected chi connectivity index (χ4v) is 4.36. The molecule has 0 radical (unpaired) electrons. The number of aryl methyl sites for hydroxylation is 1. The van der Waals surface area contributed by atoms with Crippen LogP contribution in [0, 0.1) is 5.82 Å². The Bertz CT molecular complexity index is 860. The summed E-state index contributed by atoms with van der Waals surface area (Å²) in [7, 11) is 0. The van der Waals surface area contributed by atoms with Crippen LogP contribution < -0.4 is 0 Å². The lowest BCUT2D eigenvalue weighted by Crippen LogP contribution is -2.13. The Morgan fingerprint density at radius 2 is 1.80 bits per heavy atom. The van der Waals surface area contributed by atoms with E-state index in [0.29, 0.717) is 17.4 Å². The van der Waals surface area contributed by atoms with E-state index in [4.69, 9.17) is 23.2 Å². The minimum atomic E-state index is -4.82. The molecule has 2 aromatic rings. The zero-order valence-corrected chi connectivity index (χ0v) is 14.8. The number of allylic oxidation sites excluding steroid dienone is 2. The Labute approximate surface area is 154 Å². The number of thiophene rings is 1. The molecule has 0 unspecified atom stereocenters. The van der Waals surface area contributed by atoms with Gasteiger partial charge in [0.1, 0.15) is 0 Å². The van der Waals surface area contributed by atoms with E-state index in [1.165, 1.54) is 0 Å². The van der Waals surface area contributed by atoms with E-state index in [0.717, 1.165) is 47.4 Å². The lowest BCUT2D eigenvalue weighted by molar-refractivity contribution is -0.0689. The summed E-state index contributed by atoms with van der Waals surface area (Å²) < 4.78 is 53.8. The van der Waals surface area contributed by atoms with Crippen LogP contribution in [0.25, 0.3) is 5.57 Å². The van der Waals surface area contributed by atoms with Crippen molar-refractivity contribution in [1.29, 1.82) is 0 Å². The highest BCUT2D eigenvalue weighted by Crippen LogP contribution is 2.38. The maximum atomic E-state index is 13.5. The van der Waals surface area contributed by atoms with Crippen LogP contribution in [0.2, 0.25) is 10.0 Å². The normalized spacial score (nSPS) is 14.7. The SMILES string of the molecule is O=C(C=C(c1cc(Cl)c(F)c(Cl)c1)C(F)(F)F)c1scc2c1CCC2. The van der Waals surface area contributed by atoms with Crippen LogP contribution in [0.5, 0.6) is 0 Å². The largest absolute Gasteiger partial charge is 0.417 e. The summed E-state index contributed by atoms with van der Waals surface area (Å²) in [6.45, 7) is 0. The van der Waals surface area contributed by atoms with Gasteiger partial charge in [0.2, 0.25) is 0 Å². The van der Waals surface area contributed by atoms with E-state index in [9.17, 15) is 22.4 Å². The van der Waals surface area contributed by atoms with Crippen LogP contribution >= 0.6 is 34.5 Å². The van der Waals surface area contributed by atoms with Gasteiger partial charge in [-0.2, -0.15) is 13.2 Å². The number of carbonyl (C=O) groups excluding carboxylic acids is 1. The van der Waals surface area contributed by atoms with E-state index in [2.05, 4.69) is 0 Å². The van der Waals surface area contributed by atoms with Crippen molar-refractivity contribution in [3.05, 3.63) is 61.0 Å². The second kappa shape index (κ2) is 6.74. The number of hydrogen-bond donors (Lipinski definition) is 0. The summed E-state index contributed by atoms with van der Waals surface area (Å²) in [5, 5.41) is 0.728. The predicted octanol–water partition coefficient (Wildman–Crippen LogP) is 6.51. The molecule has 1 aromatic heterocycles. The third-order valence-corrected chi connectivity index (χ3v) is 5.59. The molecule has 0 fully saturated rings. The van der Waals surface area contributed by atoms with Gasteiger partial charge in [-0.15, -0.1) is 11.3 Å². The van der Waals surface area contributed by atoms with Gasteiger partial charge < -0.3 is 0 Å². The van der Waals surface area contributed by atoms with Crippen LogP contribution in [0.4, 0.5) is 17.6 Å². The Morgan fingerprint density at radius 3 is 2.40 bits per heavy atom. The van der Waals surface area contributed by atoms with Crippen LogP contribution in [-0.2, 0) is 12.8 Å². The zero-order chi connectivity index (χ0) is 18.4. The molecular formula is C17H10Cl2F4OS. The van der Waals surface area contributed by atoms with Crippen molar-refractivity contribution < 1.29 is 22.4 Å². The number of carbonyl (C=O) groups is 1. The summed E-state index contributed by atoms with van der Waals surface area (Å²) in [5.41, 5.74) is 0.179. The monoisotopic (exact) mass is 408 g/mol. The molecule has 0 spiro atoms. The third-order valence-electron chi connectivity index (χ3n) is 3.95. The van der Waals surface area contributed by atoms with Crippen LogP contribution in [0.3, 0.4) is 0 Å². The second-order valence-electron chi connectivity index (χ2n) is 5.60. The van der Waals surface area contributed by atoms with Crippen molar-refractivity contribution in [2.45, 2.75) is 25.4 Å². The minimum Gasteiger partial charge on any atom is -0.288 e. The van der Waals surface area contributed by atoms with E-state index < -0.39 is 39.0 Å². The van der Waals surface area contributed by atoms with Crippen molar-refractivity contribution in [2.75, 3.05) is 0 Å². The summed E-state index contributed by atoms with van der Waals surface area (Å²) in [6.07, 6.45) is -1.89. The Hall–Kier alpha value is -1.37. The third kappa shape index (κ3) is 3.61. The van der Waals surface area contributed by atoms with Gasteiger partial charge in [0.15, 0.2) is 11.6 Å². The number of ketones is 1. The first-order valence-corrected chi connectivity index (χ1v) is 8.89. The molecule has 1 nitrogen and oxygen atoms in total. The number of alkyl halides is 3. The maximum absolute atomic E-state index is 13.5. The Balaban J connectivity index is 2.07. The summed E-state index contributed by atoms with van der Waals surface area (Å²) >= 11 is 12.3. The van der Waals surface area contributed by atoms with Gasteiger partial charge in [-0.25, -0.2) is 4.39 Å². The molecule has 0 atom stereocenters. The van der Waals surface area contributed by atoms with Crippen LogP contribution in [-0.4, -0.2) is 12.0 Å². The molecule has 8 heteroatoms. The summed E-state index contributed by atoms with van der Waals surface area (Å²) in [4.78, 5) is 12.7. The highest BCUT2D eigenvalue weighted by molar-refractivity contribution is 7.12. The number of hydrogen-bond acceptors (Lipinski definition) is 2. The smallest absolute Gasteiger partial charge is 0.288 e. The summed E-state index contributed by atoms with van der Waals surface area (Å²) in [5.74, 6) is -1.73. The van der Waals surface area contributed by atoms with Gasteiger partial charge in [-0.05, 0) is 59.5 Å². The van der Waals surface area contributed by atoms with Gasteiger partial charge in [0, 0.05) is 0 Å². The highest BCUT2D eigenvalue weighted by Gasteiger charge is 2.36. The Kier molecular flexibility index (Phi) is 4.97. The molecule has 0 amide bonds. The summed E-state index contributed by atoms with van der Waals surface area (Å²) in [6, 6.07) is 1.63. The van der Waals surface area contributed by atoms with Crippen LogP contribution in [0.15, 0.2) is 23.6 Å². The molecule has 1 aliphatic rings. The first kappa shape index (κ1) is 18.4. The van der Waals surface area contributed by atoms with Crippen molar-refractivity contribution in [1.82, 2.24) is 0 Å². The standard InChI is InChI=1S/C17H10Cl2F4OS/c18-12-4-9(5-13(19)15(12)20)11(17(21,22)23)6-14(24)16-10-3-1-2-8(10)7-25-16/h4-7H,1-3H2. The van der Waals surface area contributed by atoms with Gasteiger partial charge >= 0.3 is 6.18 Å². The molecule has 0 saturated heterocycles. The van der Waals surface area contributed by atoms with Gasteiger partial charge in [-0.1, -0.05) is 23.2 Å². The number of fused-ring (bicyclic) bond motifs is 1. The topological polar surface area (TPSA) is 17.1 Å². The van der Waals surface area contributed by atoms with Crippen molar-refractivity contribution in [3.63, 3.8) is 0 Å². The van der Waals surface area contributed by atoms with Gasteiger partial charge in [0.25, 0.3) is 0 Å². The maximum Gasteiger partial charge on any atom is 0.417 e. The Morgan fingerprint density at radius 1 is 1.16 bits per heavy atom. The number of rotatable bonds is 3. The highest BCUT2D eigenvalue weighted by atomic mass is 35.5. The van der Waals surface area contributed by atoms with E-state index in [-0.39, 0.29) is 0 Å². The molecule has 0 saturated carbocycles. The number of benzene rings is 1. The average molecular weight is 409 g/mol. The lowest BCUT2D eigenvalue weighted by atomic mass is 10.0. The van der Waals surface area contributed by atoms with Crippen molar-refractivity contribution in [3.8, 4) is 0 Å². The van der Waals surface area contributed by atoms with Gasteiger partial charge in [-0.3, -0.25) is 4.79 Å². The van der Waals surface area contributed by atoms with E-state index >= 15 is 0 Å². The molecule has 1 aliphatic carbocycles. The molecule has 1 aromatic carbocycles. The van der Waals surface area contributed by atoms with E-state index in [1.54, 1.807) is 0 Å². The first-order valence-electron chi connectivity index (χ1n) is 7.26. The molecule has 25 heavy (non-hydrogen) atoms. The zero-order valence-electron chi connectivity index (χ0n) is 12.5. The lowest BCUT2D eigenvalue weighted by Gasteiger charge is -2.13. The fraction of sp³-hybridized carbons (Fsp3) is 0.235. The average Bonchev–Trinajstić information content (AvgIpc) is 3.11. The molecule has 132 valence electrons.